The highest BCUT2D eigenvalue weighted by Gasteiger charge is 2.27. The van der Waals surface area contributed by atoms with E-state index in [0.29, 0.717) is 12.1 Å². The molecule has 1 aromatic carbocycles. The molecule has 0 spiro atoms. The lowest BCUT2D eigenvalue weighted by molar-refractivity contribution is 0.111. The van der Waals surface area contributed by atoms with Crippen molar-refractivity contribution in [3.63, 3.8) is 0 Å². The van der Waals surface area contributed by atoms with Gasteiger partial charge in [-0.05, 0) is 56.7 Å². The molecular formula is C19H32N2. The first-order valence-corrected chi connectivity index (χ1v) is 8.41. The van der Waals surface area contributed by atoms with Gasteiger partial charge in [0.1, 0.15) is 0 Å². The van der Waals surface area contributed by atoms with Gasteiger partial charge in [-0.3, -0.25) is 4.90 Å². The Morgan fingerprint density at radius 2 is 1.81 bits per heavy atom. The van der Waals surface area contributed by atoms with Gasteiger partial charge in [0, 0.05) is 31.7 Å². The lowest BCUT2D eigenvalue weighted by Gasteiger charge is -2.40. The standard InChI is InChI=1S/C19H32N2/c1-13(2)7-18-10-20-17(6)11-21(18)12-19-15(4)8-14(3)9-16(19)5/h8-9,13,17-18,20H,7,10-12H2,1-6H3. The van der Waals surface area contributed by atoms with E-state index in [1.165, 1.54) is 28.7 Å². The van der Waals surface area contributed by atoms with Crippen LogP contribution in [0.5, 0.6) is 0 Å². The van der Waals surface area contributed by atoms with Gasteiger partial charge in [-0.2, -0.15) is 0 Å². The molecule has 2 rings (SSSR count). The Balaban J connectivity index is 2.18. The lowest BCUT2D eigenvalue weighted by Crippen LogP contribution is -2.55. The van der Waals surface area contributed by atoms with Gasteiger partial charge in [0.05, 0.1) is 0 Å². The number of benzene rings is 1. The van der Waals surface area contributed by atoms with Gasteiger partial charge in [0.15, 0.2) is 0 Å². The summed E-state index contributed by atoms with van der Waals surface area (Å²) in [7, 11) is 0. The summed E-state index contributed by atoms with van der Waals surface area (Å²) in [4.78, 5) is 2.70. The van der Waals surface area contributed by atoms with E-state index < -0.39 is 0 Å². The molecule has 0 bridgehead atoms. The number of aryl methyl sites for hydroxylation is 3. The van der Waals surface area contributed by atoms with Crippen LogP contribution in [0.2, 0.25) is 0 Å². The van der Waals surface area contributed by atoms with Crippen molar-refractivity contribution in [1.82, 2.24) is 10.2 Å². The Bertz CT molecular complexity index is 455. The van der Waals surface area contributed by atoms with Crippen LogP contribution >= 0.6 is 0 Å². The molecule has 21 heavy (non-hydrogen) atoms. The number of hydrogen-bond acceptors (Lipinski definition) is 2. The van der Waals surface area contributed by atoms with Crippen molar-refractivity contribution in [3.8, 4) is 0 Å². The smallest absolute Gasteiger partial charge is 0.0243 e. The van der Waals surface area contributed by atoms with Crippen molar-refractivity contribution in [2.75, 3.05) is 13.1 Å². The maximum atomic E-state index is 3.65. The van der Waals surface area contributed by atoms with Gasteiger partial charge in [0.2, 0.25) is 0 Å². The number of nitrogens with zero attached hydrogens (tertiary/aromatic N) is 1. The number of nitrogens with one attached hydrogen (secondary N) is 1. The summed E-state index contributed by atoms with van der Waals surface area (Å²) in [6, 6.07) is 5.91. The molecule has 0 saturated carbocycles. The van der Waals surface area contributed by atoms with Crippen LogP contribution in [0.25, 0.3) is 0 Å². The van der Waals surface area contributed by atoms with Crippen molar-refractivity contribution >= 4 is 0 Å². The topological polar surface area (TPSA) is 15.3 Å². The van der Waals surface area contributed by atoms with Gasteiger partial charge in [0.25, 0.3) is 0 Å². The molecule has 1 heterocycles. The molecule has 0 radical (unpaired) electrons. The largest absolute Gasteiger partial charge is 0.311 e. The molecule has 0 amide bonds. The molecule has 1 N–H and O–H groups in total. The molecular weight excluding hydrogens is 256 g/mol. The molecule has 1 aliphatic heterocycles. The van der Waals surface area contributed by atoms with Crippen molar-refractivity contribution in [1.29, 1.82) is 0 Å². The summed E-state index contributed by atoms with van der Waals surface area (Å²) >= 11 is 0. The monoisotopic (exact) mass is 288 g/mol. The van der Waals surface area contributed by atoms with E-state index in [2.05, 4.69) is 63.9 Å². The number of piperazine rings is 1. The Morgan fingerprint density at radius 3 is 2.38 bits per heavy atom. The molecule has 2 nitrogen and oxygen atoms in total. The van der Waals surface area contributed by atoms with E-state index >= 15 is 0 Å². The minimum Gasteiger partial charge on any atom is -0.311 e. The van der Waals surface area contributed by atoms with Gasteiger partial charge in [-0.15, -0.1) is 0 Å². The number of rotatable bonds is 4. The molecule has 1 aliphatic rings. The van der Waals surface area contributed by atoms with Crippen LogP contribution in [-0.4, -0.2) is 30.1 Å². The highest BCUT2D eigenvalue weighted by atomic mass is 15.2. The van der Waals surface area contributed by atoms with E-state index in [1.54, 1.807) is 0 Å². The fourth-order valence-electron chi connectivity index (χ4n) is 3.66. The van der Waals surface area contributed by atoms with Crippen molar-refractivity contribution in [3.05, 3.63) is 34.4 Å². The summed E-state index contributed by atoms with van der Waals surface area (Å²) in [5.41, 5.74) is 5.80. The molecule has 1 saturated heterocycles. The van der Waals surface area contributed by atoms with Crippen LogP contribution in [0.1, 0.15) is 49.4 Å². The normalized spacial score (nSPS) is 23.8. The fraction of sp³-hybridized carbons (Fsp3) is 0.684. The molecule has 1 fully saturated rings. The van der Waals surface area contributed by atoms with Crippen LogP contribution < -0.4 is 5.32 Å². The van der Waals surface area contributed by atoms with Crippen LogP contribution in [0, 0.1) is 26.7 Å². The summed E-state index contributed by atoms with van der Waals surface area (Å²) in [6.07, 6.45) is 1.28. The Kier molecular flexibility index (Phi) is 5.45. The third kappa shape index (κ3) is 4.31. The van der Waals surface area contributed by atoms with Gasteiger partial charge >= 0.3 is 0 Å². The quantitative estimate of drug-likeness (QED) is 0.906. The van der Waals surface area contributed by atoms with Crippen molar-refractivity contribution in [2.45, 2.75) is 66.6 Å². The predicted octanol–water partition coefficient (Wildman–Crippen LogP) is 3.82. The van der Waals surface area contributed by atoms with E-state index in [4.69, 9.17) is 0 Å². The van der Waals surface area contributed by atoms with Crippen LogP contribution in [0.3, 0.4) is 0 Å². The maximum Gasteiger partial charge on any atom is 0.0243 e. The first-order valence-electron chi connectivity index (χ1n) is 8.41. The zero-order chi connectivity index (χ0) is 15.6. The molecule has 1 aromatic rings. The Morgan fingerprint density at radius 1 is 1.19 bits per heavy atom. The minimum atomic E-state index is 0.597. The van der Waals surface area contributed by atoms with E-state index in [-0.39, 0.29) is 0 Å². The van der Waals surface area contributed by atoms with E-state index in [0.717, 1.165) is 25.6 Å². The van der Waals surface area contributed by atoms with Crippen molar-refractivity contribution < 1.29 is 0 Å². The van der Waals surface area contributed by atoms with Crippen LogP contribution in [0.4, 0.5) is 0 Å². The maximum absolute atomic E-state index is 3.65. The second-order valence-electron chi connectivity index (χ2n) is 7.40. The first kappa shape index (κ1) is 16.5. The summed E-state index contributed by atoms with van der Waals surface area (Å²) in [6.45, 7) is 17.1. The lowest BCUT2D eigenvalue weighted by atomic mass is 9.95. The zero-order valence-electron chi connectivity index (χ0n) is 14.7. The van der Waals surface area contributed by atoms with Crippen LogP contribution in [0.15, 0.2) is 12.1 Å². The average molecular weight is 288 g/mol. The molecule has 2 atom stereocenters. The molecule has 0 aliphatic carbocycles. The summed E-state index contributed by atoms with van der Waals surface area (Å²) < 4.78 is 0. The fourth-order valence-corrected chi connectivity index (χ4v) is 3.66. The van der Waals surface area contributed by atoms with Gasteiger partial charge < -0.3 is 5.32 Å². The Hall–Kier alpha value is -0.860. The van der Waals surface area contributed by atoms with Crippen molar-refractivity contribution in [2.24, 2.45) is 5.92 Å². The van der Waals surface area contributed by atoms with Gasteiger partial charge in [-0.25, -0.2) is 0 Å². The average Bonchev–Trinajstić information content (AvgIpc) is 2.36. The predicted molar refractivity (Wildman–Crippen MR) is 91.8 cm³/mol. The molecule has 2 heteroatoms. The summed E-state index contributed by atoms with van der Waals surface area (Å²) in [5, 5.41) is 3.65. The molecule has 2 unspecified atom stereocenters. The number of hydrogen-bond donors (Lipinski definition) is 1. The minimum absolute atomic E-state index is 0.597. The molecule has 118 valence electrons. The van der Waals surface area contributed by atoms with Crippen LogP contribution in [-0.2, 0) is 6.54 Å². The Labute approximate surface area is 130 Å². The zero-order valence-corrected chi connectivity index (χ0v) is 14.7. The third-order valence-electron chi connectivity index (χ3n) is 4.67. The van der Waals surface area contributed by atoms with E-state index in [1.807, 2.05) is 0 Å². The highest BCUT2D eigenvalue weighted by molar-refractivity contribution is 5.37. The third-order valence-corrected chi connectivity index (χ3v) is 4.67. The second-order valence-corrected chi connectivity index (χ2v) is 7.40. The SMILES string of the molecule is Cc1cc(C)c(CN2CC(C)NCC2CC(C)C)c(C)c1. The highest BCUT2D eigenvalue weighted by Crippen LogP contribution is 2.23. The summed E-state index contributed by atoms with van der Waals surface area (Å²) in [5.74, 6) is 0.757. The van der Waals surface area contributed by atoms with Gasteiger partial charge in [-0.1, -0.05) is 31.5 Å². The first-order chi connectivity index (χ1) is 9.86. The molecule has 0 aromatic heterocycles. The van der Waals surface area contributed by atoms with E-state index in [9.17, 15) is 0 Å². The second kappa shape index (κ2) is 6.93.